The van der Waals surface area contributed by atoms with E-state index < -0.39 is 0 Å². The summed E-state index contributed by atoms with van der Waals surface area (Å²) in [5.74, 6) is 1.71. The third kappa shape index (κ3) is 6.13. The molecule has 2 fully saturated rings. The second-order valence-electron chi connectivity index (χ2n) is 9.70. The molecule has 0 atom stereocenters. The van der Waals surface area contributed by atoms with E-state index in [0.717, 1.165) is 32.1 Å². The fourth-order valence-electron chi connectivity index (χ4n) is 5.22. The van der Waals surface area contributed by atoms with Crippen molar-refractivity contribution in [3.63, 3.8) is 0 Å². The predicted molar refractivity (Wildman–Crippen MR) is 135 cm³/mol. The van der Waals surface area contributed by atoms with Crippen molar-refractivity contribution in [3.05, 3.63) is 48.0 Å². The number of carbonyl (C=O) groups is 2. The molecular formula is C27H34N4O4. The lowest BCUT2D eigenvalue weighted by Gasteiger charge is -2.37. The van der Waals surface area contributed by atoms with Crippen LogP contribution in [0.4, 0.5) is 11.4 Å². The van der Waals surface area contributed by atoms with Crippen LogP contribution in [-0.4, -0.2) is 67.7 Å². The molecule has 2 aliphatic heterocycles. The van der Waals surface area contributed by atoms with Gasteiger partial charge in [0.15, 0.2) is 11.5 Å². The molecule has 1 aliphatic carbocycles. The van der Waals surface area contributed by atoms with Gasteiger partial charge in [-0.25, -0.2) is 0 Å². The predicted octanol–water partition coefficient (Wildman–Crippen LogP) is 3.80. The van der Waals surface area contributed by atoms with Crippen LogP contribution in [0.1, 0.15) is 42.5 Å². The first-order valence-corrected chi connectivity index (χ1v) is 12.7. The number of nitrogens with one attached hydrogen (secondary N) is 2. The summed E-state index contributed by atoms with van der Waals surface area (Å²) < 4.78 is 10.7. The first kappa shape index (κ1) is 23.6. The molecule has 186 valence electrons. The smallest absolute Gasteiger partial charge is 0.257 e. The number of ether oxygens (including phenoxy) is 2. The van der Waals surface area contributed by atoms with Gasteiger partial charge in [0, 0.05) is 44.5 Å². The summed E-state index contributed by atoms with van der Waals surface area (Å²) in [6, 6.07) is 12.3. The monoisotopic (exact) mass is 478 g/mol. The normalized spacial score (nSPS) is 18.9. The van der Waals surface area contributed by atoms with Crippen LogP contribution in [0.25, 0.3) is 0 Å². The van der Waals surface area contributed by atoms with E-state index in [4.69, 9.17) is 9.47 Å². The van der Waals surface area contributed by atoms with Crippen molar-refractivity contribution < 1.29 is 19.1 Å². The lowest BCUT2D eigenvalue weighted by atomic mass is 9.89. The van der Waals surface area contributed by atoms with Crippen LogP contribution in [0.15, 0.2) is 42.5 Å². The maximum Gasteiger partial charge on any atom is 0.257 e. The van der Waals surface area contributed by atoms with Gasteiger partial charge in [0.25, 0.3) is 5.91 Å². The molecule has 8 heteroatoms. The van der Waals surface area contributed by atoms with Crippen molar-refractivity contribution in [1.29, 1.82) is 0 Å². The molecule has 1 saturated heterocycles. The maximum atomic E-state index is 13.0. The number of nitrogens with zero attached hydrogens (tertiary/aromatic N) is 2. The van der Waals surface area contributed by atoms with Gasteiger partial charge in [0.2, 0.25) is 12.7 Å². The van der Waals surface area contributed by atoms with Crippen LogP contribution >= 0.6 is 0 Å². The van der Waals surface area contributed by atoms with E-state index in [9.17, 15) is 9.59 Å². The average Bonchev–Trinajstić information content (AvgIpc) is 3.34. The molecule has 8 nitrogen and oxygen atoms in total. The summed E-state index contributed by atoms with van der Waals surface area (Å²) in [5, 5.41) is 5.82. The van der Waals surface area contributed by atoms with Gasteiger partial charge in [0.05, 0.1) is 17.8 Å². The topological polar surface area (TPSA) is 83.1 Å². The van der Waals surface area contributed by atoms with Gasteiger partial charge in [-0.15, -0.1) is 0 Å². The van der Waals surface area contributed by atoms with Crippen molar-refractivity contribution in [2.24, 2.45) is 5.92 Å². The molecule has 2 aromatic rings. The molecule has 0 bridgehead atoms. The van der Waals surface area contributed by atoms with E-state index >= 15 is 0 Å². The van der Waals surface area contributed by atoms with Gasteiger partial charge in [-0.05, 0) is 43.0 Å². The van der Waals surface area contributed by atoms with Crippen LogP contribution < -0.4 is 20.1 Å². The zero-order chi connectivity index (χ0) is 24.0. The first-order valence-electron chi connectivity index (χ1n) is 12.7. The highest BCUT2D eigenvalue weighted by Crippen LogP contribution is 2.34. The van der Waals surface area contributed by atoms with Gasteiger partial charge in [-0.1, -0.05) is 31.4 Å². The number of para-hydroxylation sites is 1. The molecule has 0 spiro atoms. The Morgan fingerprint density at radius 1 is 0.857 bits per heavy atom. The number of benzene rings is 2. The second-order valence-corrected chi connectivity index (χ2v) is 9.70. The SMILES string of the molecule is O=C(CN1CCN(CC2CCCCC2)CC1)Nc1ccccc1C(=O)Nc1ccc2c(c1)OCO2. The Morgan fingerprint density at radius 3 is 2.43 bits per heavy atom. The highest BCUT2D eigenvalue weighted by Gasteiger charge is 2.23. The molecule has 0 aromatic heterocycles. The number of anilines is 2. The molecule has 2 aromatic carbocycles. The highest BCUT2D eigenvalue weighted by atomic mass is 16.7. The molecule has 3 aliphatic rings. The fourth-order valence-corrected chi connectivity index (χ4v) is 5.22. The lowest BCUT2D eigenvalue weighted by molar-refractivity contribution is -0.117. The summed E-state index contributed by atoms with van der Waals surface area (Å²) in [5.41, 5.74) is 1.52. The van der Waals surface area contributed by atoms with E-state index in [-0.39, 0.29) is 18.6 Å². The number of amides is 2. The molecular weight excluding hydrogens is 444 g/mol. The van der Waals surface area contributed by atoms with E-state index in [1.165, 1.54) is 38.6 Å². The van der Waals surface area contributed by atoms with Crippen molar-refractivity contribution in [1.82, 2.24) is 9.80 Å². The lowest BCUT2D eigenvalue weighted by Crippen LogP contribution is -2.49. The van der Waals surface area contributed by atoms with Crippen molar-refractivity contribution in [2.45, 2.75) is 32.1 Å². The van der Waals surface area contributed by atoms with Gasteiger partial charge < -0.3 is 25.0 Å². The molecule has 0 radical (unpaired) electrons. The largest absolute Gasteiger partial charge is 0.454 e. The third-order valence-electron chi connectivity index (χ3n) is 7.15. The Kier molecular flexibility index (Phi) is 7.49. The van der Waals surface area contributed by atoms with Crippen LogP contribution in [0.2, 0.25) is 0 Å². The van der Waals surface area contributed by atoms with Gasteiger partial charge >= 0.3 is 0 Å². The minimum Gasteiger partial charge on any atom is -0.454 e. The quantitative estimate of drug-likeness (QED) is 0.630. The van der Waals surface area contributed by atoms with E-state index in [1.54, 1.807) is 36.4 Å². The zero-order valence-corrected chi connectivity index (χ0v) is 20.1. The molecule has 35 heavy (non-hydrogen) atoms. The molecule has 2 heterocycles. The second kappa shape index (κ2) is 11.1. The fraction of sp³-hybridized carbons (Fsp3) is 0.481. The summed E-state index contributed by atoms with van der Waals surface area (Å²) in [7, 11) is 0. The molecule has 0 unspecified atom stereocenters. The van der Waals surface area contributed by atoms with Crippen molar-refractivity contribution >= 4 is 23.2 Å². The summed E-state index contributed by atoms with van der Waals surface area (Å²) in [6.07, 6.45) is 6.87. The summed E-state index contributed by atoms with van der Waals surface area (Å²) in [4.78, 5) is 30.5. The van der Waals surface area contributed by atoms with Gasteiger partial charge in [0.1, 0.15) is 0 Å². The number of hydrogen-bond acceptors (Lipinski definition) is 6. The van der Waals surface area contributed by atoms with Gasteiger partial charge in [-0.2, -0.15) is 0 Å². The molecule has 1 saturated carbocycles. The first-order chi connectivity index (χ1) is 17.1. The van der Waals surface area contributed by atoms with E-state index in [2.05, 4.69) is 20.4 Å². The van der Waals surface area contributed by atoms with Crippen LogP contribution in [0.3, 0.4) is 0 Å². The zero-order valence-electron chi connectivity index (χ0n) is 20.1. The number of rotatable bonds is 7. The minimum atomic E-state index is -0.295. The van der Waals surface area contributed by atoms with Crippen LogP contribution in [-0.2, 0) is 4.79 Å². The van der Waals surface area contributed by atoms with E-state index in [0.29, 0.717) is 35.0 Å². The summed E-state index contributed by atoms with van der Waals surface area (Å²) in [6.45, 7) is 5.52. The average molecular weight is 479 g/mol. The third-order valence-corrected chi connectivity index (χ3v) is 7.15. The molecule has 2 amide bonds. The van der Waals surface area contributed by atoms with Gasteiger partial charge in [-0.3, -0.25) is 14.5 Å². The number of carbonyl (C=O) groups excluding carboxylic acids is 2. The van der Waals surface area contributed by atoms with Crippen molar-refractivity contribution in [3.8, 4) is 11.5 Å². The van der Waals surface area contributed by atoms with E-state index in [1.807, 2.05) is 6.07 Å². The molecule has 2 N–H and O–H groups in total. The number of piperazine rings is 1. The Balaban J connectivity index is 1.12. The Morgan fingerprint density at radius 2 is 1.60 bits per heavy atom. The molecule has 5 rings (SSSR count). The Labute approximate surface area is 206 Å². The Hall–Kier alpha value is -3.10. The standard InChI is InChI=1S/C27H34N4O4/c32-26(18-31-14-12-30(13-15-31)17-20-6-2-1-3-7-20)29-23-9-5-4-8-22(23)27(33)28-21-10-11-24-25(16-21)35-19-34-24/h4-5,8-11,16,20H,1-3,6-7,12-15,17-19H2,(H,28,33)(H,29,32). The Bertz CT molecular complexity index is 1050. The summed E-state index contributed by atoms with van der Waals surface area (Å²) >= 11 is 0. The van der Waals surface area contributed by atoms with Crippen LogP contribution in [0, 0.1) is 5.92 Å². The number of hydrogen-bond donors (Lipinski definition) is 2. The highest BCUT2D eigenvalue weighted by molar-refractivity contribution is 6.10. The van der Waals surface area contributed by atoms with Crippen molar-refractivity contribution in [2.75, 3.05) is 56.7 Å². The maximum absolute atomic E-state index is 13.0. The van der Waals surface area contributed by atoms with Crippen LogP contribution in [0.5, 0.6) is 11.5 Å². The number of fused-ring (bicyclic) bond motifs is 1. The minimum absolute atomic E-state index is 0.103.